The highest BCUT2D eigenvalue weighted by Gasteiger charge is 2.14. The summed E-state index contributed by atoms with van der Waals surface area (Å²) in [5, 5.41) is 9.04. The van der Waals surface area contributed by atoms with E-state index >= 15 is 0 Å². The number of hydrogen-bond donors (Lipinski definition) is 1. The van der Waals surface area contributed by atoms with E-state index < -0.39 is 15.8 Å². The average Bonchev–Trinajstić information content (AvgIpc) is 2.14. The number of carbonyl (C=O) groups is 1. The van der Waals surface area contributed by atoms with E-state index in [9.17, 15) is 13.2 Å². The number of carboxylic acids is 1. The van der Waals surface area contributed by atoms with Gasteiger partial charge in [-0.15, -0.1) is 11.8 Å². The van der Waals surface area contributed by atoms with Gasteiger partial charge in [-0.25, -0.2) is 13.2 Å². The smallest absolute Gasteiger partial charge is 0.337 e. The summed E-state index contributed by atoms with van der Waals surface area (Å²) >= 11 is 4.39. The molecule has 0 saturated carbocycles. The van der Waals surface area contributed by atoms with Crippen molar-refractivity contribution in [2.45, 2.75) is 4.90 Å². The van der Waals surface area contributed by atoms with Crippen LogP contribution >= 0.6 is 27.7 Å². The molecule has 1 aromatic carbocycles. The summed E-state index contributed by atoms with van der Waals surface area (Å²) in [5.41, 5.74) is 0.172. The molecule has 17 heavy (non-hydrogen) atoms. The van der Waals surface area contributed by atoms with E-state index in [1.165, 1.54) is 11.8 Å². The second kappa shape index (κ2) is 5.88. The zero-order valence-corrected chi connectivity index (χ0v) is 12.2. The molecule has 4 nitrogen and oxygen atoms in total. The maximum atomic E-state index is 11.0. The molecule has 94 valence electrons. The predicted molar refractivity (Wildman–Crippen MR) is 71.5 cm³/mol. The van der Waals surface area contributed by atoms with Gasteiger partial charge in [0.25, 0.3) is 0 Å². The van der Waals surface area contributed by atoms with Crippen LogP contribution in [0.3, 0.4) is 0 Å². The van der Waals surface area contributed by atoms with Crippen molar-refractivity contribution in [1.29, 1.82) is 0 Å². The monoisotopic (exact) mass is 338 g/mol. The fourth-order valence-corrected chi connectivity index (χ4v) is 4.08. The Bertz CT molecular complexity index is 525. The van der Waals surface area contributed by atoms with Gasteiger partial charge < -0.3 is 5.11 Å². The van der Waals surface area contributed by atoms with Crippen molar-refractivity contribution in [1.82, 2.24) is 0 Å². The lowest BCUT2D eigenvalue weighted by molar-refractivity contribution is 0.0692. The Morgan fingerprint density at radius 1 is 1.47 bits per heavy atom. The highest BCUT2D eigenvalue weighted by molar-refractivity contribution is 9.10. The quantitative estimate of drug-likeness (QED) is 0.834. The summed E-state index contributed by atoms with van der Waals surface area (Å²) in [5.74, 6) is -0.655. The lowest BCUT2D eigenvalue weighted by Gasteiger charge is -2.06. The first-order valence-electron chi connectivity index (χ1n) is 4.63. The van der Waals surface area contributed by atoms with Crippen molar-refractivity contribution < 1.29 is 18.3 Å². The lowest BCUT2D eigenvalue weighted by Crippen LogP contribution is -2.06. The number of halogens is 1. The molecule has 0 fully saturated rings. The zero-order valence-electron chi connectivity index (χ0n) is 9.01. The Labute approximate surface area is 112 Å². The highest BCUT2D eigenvalue weighted by atomic mass is 79.9. The lowest BCUT2D eigenvalue weighted by atomic mass is 10.2. The summed E-state index contributed by atoms with van der Waals surface area (Å²) in [6, 6.07) is 5.03. The summed E-state index contributed by atoms with van der Waals surface area (Å²) < 4.78 is 22.4. The maximum Gasteiger partial charge on any atom is 0.337 e. The van der Waals surface area contributed by atoms with Crippen LogP contribution in [-0.2, 0) is 9.84 Å². The third-order valence-electron chi connectivity index (χ3n) is 1.90. The van der Waals surface area contributed by atoms with Gasteiger partial charge in [0.05, 0.1) is 11.3 Å². The standard InChI is InChI=1S/C10H11BrO4S2/c1-17(14,15)6-5-16-8-4-2-3-7(11)9(8)10(12)13/h2-4H,5-6H2,1H3,(H,12,13). The van der Waals surface area contributed by atoms with Gasteiger partial charge in [-0.3, -0.25) is 0 Å². The van der Waals surface area contributed by atoms with Crippen molar-refractivity contribution in [2.75, 3.05) is 17.8 Å². The Balaban J connectivity index is 2.85. The summed E-state index contributed by atoms with van der Waals surface area (Å²) in [6.07, 6.45) is 1.16. The van der Waals surface area contributed by atoms with Crippen LogP contribution in [0.4, 0.5) is 0 Å². The number of rotatable bonds is 5. The van der Waals surface area contributed by atoms with E-state index in [0.29, 0.717) is 15.1 Å². The van der Waals surface area contributed by atoms with Gasteiger partial charge in [0, 0.05) is 21.4 Å². The van der Waals surface area contributed by atoms with Gasteiger partial charge in [0.1, 0.15) is 9.84 Å². The van der Waals surface area contributed by atoms with Gasteiger partial charge in [0.2, 0.25) is 0 Å². The molecule has 1 rings (SSSR count). The third-order valence-corrected chi connectivity index (χ3v) is 4.83. The molecule has 0 aromatic heterocycles. The van der Waals surface area contributed by atoms with Crippen molar-refractivity contribution in [3.63, 3.8) is 0 Å². The number of aromatic carboxylic acids is 1. The second-order valence-electron chi connectivity index (χ2n) is 3.40. The fraction of sp³-hybridized carbons (Fsp3) is 0.300. The first kappa shape index (κ1) is 14.5. The van der Waals surface area contributed by atoms with Crippen LogP contribution < -0.4 is 0 Å². The largest absolute Gasteiger partial charge is 0.478 e. The first-order chi connectivity index (χ1) is 7.81. The van der Waals surface area contributed by atoms with Crippen molar-refractivity contribution in [3.05, 3.63) is 28.2 Å². The van der Waals surface area contributed by atoms with Crippen LogP contribution in [-0.4, -0.2) is 37.3 Å². The summed E-state index contributed by atoms with van der Waals surface area (Å²) in [4.78, 5) is 11.6. The normalized spacial score (nSPS) is 11.4. The maximum absolute atomic E-state index is 11.0. The Morgan fingerprint density at radius 3 is 2.65 bits per heavy atom. The summed E-state index contributed by atoms with van der Waals surface area (Å²) in [6.45, 7) is 0. The van der Waals surface area contributed by atoms with Crippen LogP contribution in [0.25, 0.3) is 0 Å². The zero-order chi connectivity index (χ0) is 13.1. The number of sulfone groups is 1. The topological polar surface area (TPSA) is 71.4 Å². The molecule has 0 atom stereocenters. The molecular weight excluding hydrogens is 328 g/mol. The minimum atomic E-state index is -3.02. The molecule has 0 amide bonds. The Hall–Kier alpha value is -0.530. The van der Waals surface area contributed by atoms with Crippen LogP contribution in [0.15, 0.2) is 27.6 Å². The Kier molecular flexibility index (Phi) is 5.03. The molecule has 1 N–H and O–H groups in total. The molecule has 0 radical (unpaired) electrons. The second-order valence-corrected chi connectivity index (χ2v) is 7.65. The molecule has 0 aliphatic carbocycles. The van der Waals surface area contributed by atoms with Crippen molar-refractivity contribution in [3.8, 4) is 0 Å². The van der Waals surface area contributed by atoms with Gasteiger partial charge in [-0.1, -0.05) is 6.07 Å². The number of thioether (sulfide) groups is 1. The van der Waals surface area contributed by atoms with E-state index in [0.717, 1.165) is 6.26 Å². The molecule has 0 heterocycles. The van der Waals surface area contributed by atoms with E-state index in [1.807, 2.05) is 0 Å². The molecule has 7 heteroatoms. The average molecular weight is 339 g/mol. The van der Waals surface area contributed by atoms with Gasteiger partial charge >= 0.3 is 5.97 Å². The van der Waals surface area contributed by atoms with E-state index in [-0.39, 0.29) is 11.3 Å². The summed E-state index contributed by atoms with van der Waals surface area (Å²) in [7, 11) is -3.02. The minimum absolute atomic E-state index is 0.0310. The molecule has 0 saturated heterocycles. The van der Waals surface area contributed by atoms with E-state index in [2.05, 4.69) is 15.9 Å². The SMILES string of the molecule is CS(=O)(=O)CCSc1cccc(Br)c1C(=O)O. The number of carboxylic acid groups (broad SMARTS) is 1. The van der Waals surface area contributed by atoms with Gasteiger partial charge in [-0.05, 0) is 28.1 Å². The molecule has 0 spiro atoms. The number of benzene rings is 1. The van der Waals surface area contributed by atoms with Gasteiger partial charge in [-0.2, -0.15) is 0 Å². The molecule has 0 aliphatic rings. The van der Waals surface area contributed by atoms with E-state index in [4.69, 9.17) is 5.11 Å². The molecule has 0 aliphatic heterocycles. The molecule has 0 bridgehead atoms. The van der Waals surface area contributed by atoms with Crippen molar-refractivity contribution in [2.24, 2.45) is 0 Å². The van der Waals surface area contributed by atoms with Crippen LogP contribution in [0.2, 0.25) is 0 Å². The Morgan fingerprint density at radius 2 is 2.12 bits per heavy atom. The third kappa shape index (κ3) is 4.69. The fourth-order valence-electron chi connectivity index (χ4n) is 1.14. The highest BCUT2D eigenvalue weighted by Crippen LogP contribution is 2.28. The molecular formula is C10H11BrO4S2. The minimum Gasteiger partial charge on any atom is -0.478 e. The van der Waals surface area contributed by atoms with Crippen LogP contribution in [0, 0.1) is 0 Å². The molecule has 0 unspecified atom stereocenters. The number of hydrogen-bond acceptors (Lipinski definition) is 4. The molecule has 1 aromatic rings. The van der Waals surface area contributed by atoms with Gasteiger partial charge in [0.15, 0.2) is 0 Å². The van der Waals surface area contributed by atoms with Crippen LogP contribution in [0.1, 0.15) is 10.4 Å². The predicted octanol–water partition coefficient (Wildman–Crippen LogP) is 2.28. The van der Waals surface area contributed by atoms with Crippen LogP contribution in [0.5, 0.6) is 0 Å². The first-order valence-corrected chi connectivity index (χ1v) is 8.47. The van der Waals surface area contributed by atoms with E-state index in [1.54, 1.807) is 18.2 Å². The van der Waals surface area contributed by atoms with Crippen molar-refractivity contribution >= 4 is 43.5 Å².